The Morgan fingerprint density at radius 3 is 2.77 bits per heavy atom. The Bertz CT molecular complexity index is 154. The third-order valence-corrected chi connectivity index (χ3v) is 2.78. The van der Waals surface area contributed by atoms with Gasteiger partial charge in [0.2, 0.25) is 0 Å². The Balaban J connectivity index is 3.47. The van der Waals surface area contributed by atoms with Crippen LogP contribution in [0.15, 0.2) is 0 Å². The van der Waals surface area contributed by atoms with Crippen molar-refractivity contribution in [2.24, 2.45) is 5.73 Å². The molecule has 0 bridgehead atoms. The fourth-order valence-electron chi connectivity index (χ4n) is 0.718. The van der Waals surface area contributed by atoms with Crippen molar-refractivity contribution in [2.75, 3.05) is 19.5 Å². The van der Waals surface area contributed by atoms with E-state index in [0.717, 1.165) is 5.75 Å². The van der Waals surface area contributed by atoms with E-state index in [-0.39, 0.29) is 17.8 Å². The summed E-state index contributed by atoms with van der Waals surface area (Å²) < 4.78 is 4.47. The Morgan fingerprint density at radius 2 is 2.31 bits per heavy atom. The van der Waals surface area contributed by atoms with Gasteiger partial charge in [0.1, 0.15) is 6.04 Å². The topological polar surface area (TPSA) is 72.5 Å². The van der Waals surface area contributed by atoms with E-state index in [1.807, 2.05) is 6.92 Å². The van der Waals surface area contributed by atoms with Crippen molar-refractivity contribution in [1.82, 2.24) is 0 Å². The van der Waals surface area contributed by atoms with Crippen LogP contribution in [0.5, 0.6) is 0 Å². The van der Waals surface area contributed by atoms with E-state index >= 15 is 0 Å². The summed E-state index contributed by atoms with van der Waals surface area (Å²) in [7, 11) is 1.33. The van der Waals surface area contributed by atoms with Crippen LogP contribution in [0.3, 0.4) is 0 Å². The van der Waals surface area contributed by atoms with Crippen molar-refractivity contribution in [3.8, 4) is 0 Å². The second-order valence-electron chi connectivity index (χ2n) is 2.78. The molecular formula is C8H17NO3S. The molecule has 0 saturated carbocycles. The zero-order valence-electron chi connectivity index (χ0n) is 8.03. The van der Waals surface area contributed by atoms with E-state index in [0.29, 0.717) is 6.42 Å². The predicted octanol–water partition coefficient (Wildman–Crippen LogP) is -0.00920. The maximum atomic E-state index is 10.9. The first-order valence-corrected chi connectivity index (χ1v) is 5.22. The van der Waals surface area contributed by atoms with Crippen LogP contribution in [0, 0.1) is 0 Å². The van der Waals surface area contributed by atoms with Crippen molar-refractivity contribution >= 4 is 17.7 Å². The largest absolute Gasteiger partial charge is 0.468 e. The molecule has 0 spiro atoms. The van der Waals surface area contributed by atoms with Gasteiger partial charge >= 0.3 is 5.97 Å². The highest BCUT2D eigenvalue weighted by atomic mass is 32.2. The van der Waals surface area contributed by atoms with E-state index in [1.54, 1.807) is 11.8 Å². The average Bonchev–Trinajstić information content (AvgIpc) is 2.15. The monoisotopic (exact) mass is 207 g/mol. The molecular weight excluding hydrogens is 190 g/mol. The summed E-state index contributed by atoms with van der Waals surface area (Å²) in [6, 6.07) is -0.539. The molecule has 2 unspecified atom stereocenters. The highest BCUT2D eigenvalue weighted by Crippen LogP contribution is 2.11. The average molecular weight is 207 g/mol. The van der Waals surface area contributed by atoms with Gasteiger partial charge in [0.15, 0.2) is 0 Å². The number of rotatable bonds is 6. The number of ether oxygens (including phenoxy) is 1. The lowest BCUT2D eigenvalue weighted by Crippen LogP contribution is -2.32. The van der Waals surface area contributed by atoms with Crippen molar-refractivity contribution in [3.05, 3.63) is 0 Å². The van der Waals surface area contributed by atoms with Gasteiger partial charge in [0.05, 0.1) is 13.7 Å². The van der Waals surface area contributed by atoms with Gasteiger partial charge < -0.3 is 15.6 Å². The molecule has 0 aromatic heterocycles. The van der Waals surface area contributed by atoms with Gasteiger partial charge in [-0.05, 0) is 12.2 Å². The lowest BCUT2D eigenvalue weighted by atomic mass is 10.2. The molecule has 78 valence electrons. The van der Waals surface area contributed by atoms with Crippen LogP contribution >= 0.6 is 11.8 Å². The highest BCUT2D eigenvalue weighted by molar-refractivity contribution is 7.99. The van der Waals surface area contributed by atoms with Crippen LogP contribution in [0.2, 0.25) is 0 Å². The standard InChI is InChI=1S/C8H17NO3S/c1-6(5-10)13-4-3-7(9)8(11)12-2/h6-7,10H,3-5,9H2,1-2H3. The number of carbonyl (C=O) groups is 1. The molecule has 0 aliphatic heterocycles. The number of nitrogens with two attached hydrogens (primary N) is 1. The number of aliphatic hydroxyl groups is 1. The van der Waals surface area contributed by atoms with Gasteiger partial charge in [-0.1, -0.05) is 6.92 Å². The number of hydrogen-bond donors (Lipinski definition) is 2. The molecule has 0 saturated heterocycles. The van der Waals surface area contributed by atoms with Crippen molar-refractivity contribution in [1.29, 1.82) is 0 Å². The summed E-state index contributed by atoms with van der Waals surface area (Å²) in [5, 5.41) is 8.91. The second kappa shape index (κ2) is 7.17. The van der Waals surface area contributed by atoms with Gasteiger partial charge in [-0.25, -0.2) is 0 Å². The molecule has 0 aliphatic rings. The van der Waals surface area contributed by atoms with Crippen LogP contribution in [-0.4, -0.2) is 41.8 Å². The van der Waals surface area contributed by atoms with Gasteiger partial charge in [-0.15, -0.1) is 0 Å². The van der Waals surface area contributed by atoms with Crippen LogP contribution < -0.4 is 5.73 Å². The molecule has 0 radical (unpaired) electrons. The molecule has 2 atom stereocenters. The lowest BCUT2D eigenvalue weighted by molar-refractivity contribution is -0.142. The van der Waals surface area contributed by atoms with Gasteiger partial charge in [-0.3, -0.25) is 4.79 Å². The minimum Gasteiger partial charge on any atom is -0.468 e. The molecule has 0 rings (SSSR count). The summed E-state index contributed by atoms with van der Waals surface area (Å²) in [4.78, 5) is 10.9. The Morgan fingerprint density at radius 1 is 1.69 bits per heavy atom. The molecule has 3 N–H and O–H groups in total. The molecule has 13 heavy (non-hydrogen) atoms. The molecule has 0 aromatic carbocycles. The third kappa shape index (κ3) is 5.90. The quantitative estimate of drug-likeness (QED) is 0.599. The number of carbonyl (C=O) groups excluding carboxylic acids is 1. The van der Waals surface area contributed by atoms with E-state index in [1.165, 1.54) is 7.11 Å². The number of aliphatic hydroxyl groups excluding tert-OH is 1. The SMILES string of the molecule is COC(=O)C(N)CCSC(C)CO. The Labute approximate surface area is 82.8 Å². The first-order chi connectivity index (χ1) is 6.11. The number of esters is 1. The Hall–Kier alpha value is -0.260. The van der Waals surface area contributed by atoms with Crippen molar-refractivity contribution in [2.45, 2.75) is 24.6 Å². The van der Waals surface area contributed by atoms with Gasteiger partial charge in [0.25, 0.3) is 0 Å². The molecule has 4 nitrogen and oxygen atoms in total. The van der Waals surface area contributed by atoms with Crippen LogP contribution in [0.4, 0.5) is 0 Å². The second-order valence-corrected chi connectivity index (χ2v) is 4.33. The summed E-state index contributed by atoms with van der Waals surface area (Å²) in [5.74, 6) is 0.384. The first-order valence-electron chi connectivity index (χ1n) is 4.17. The maximum Gasteiger partial charge on any atom is 0.322 e. The van der Waals surface area contributed by atoms with Crippen LogP contribution in [0.1, 0.15) is 13.3 Å². The van der Waals surface area contributed by atoms with E-state index in [4.69, 9.17) is 10.8 Å². The number of methoxy groups -OCH3 is 1. The molecule has 0 amide bonds. The smallest absolute Gasteiger partial charge is 0.322 e. The molecule has 0 aromatic rings. The zero-order valence-corrected chi connectivity index (χ0v) is 8.84. The molecule has 0 aliphatic carbocycles. The maximum absolute atomic E-state index is 10.9. The van der Waals surface area contributed by atoms with Crippen molar-refractivity contribution < 1.29 is 14.6 Å². The Kier molecular flexibility index (Phi) is 7.03. The third-order valence-electron chi connectivity index (χ3n) is 1.59. The normalized spacial score (nSPS) is 15.1. The fraction of sp³-hybridized carbons (Fsp3) is 0.875. The summed E-state index contributed by atoms with van der Waals surface area (Å²) >= 11 is 1.59. The molecule has 5 heteroatoms. The number of thioether (sulfide) groups is 1. The first kappa shape index (κ1) is 12.7. The van der Waals surface area contributed by atoms with E-state index in [2.05, 4.69) is 4.74 Å². The zero-order chi connectivity index (χ0) is 10.3. The van der Waals surface area contributed by atoms with E-state index in [9.17, 15) is 4.79 Å². The summed E-state index contributed by atoms with van der Waals surface area (Å²) in [5.41, 5.74) is 5.51. The minimum absolute atomic E-state index is 0.151. The molecule has 0 fully saturated rings. The van der Waals surface area contributed by atoms with Crippen molar-refractivity contribution in [3.63, 3.8) is 0 Å². The van der Waals surface area contributed by atoms with E-state index < -0.39 is 6.04 Å². The van der Waals surface area contributed by atoms with Crippen LogP contribution in [0.25, 0.3) is 0 Å². The van der Waals surface area contributed by atoms with Gasteiger partial charge in [0, 0.05) is 5.25 Å². The predicted molar refractivity (Wildman–Crippen MR) is 53.6 cm³/mol. The fourth-order valence-corrected chi connectivity index (χ4v) is 1.62. The summed E-state index contributed by atoms with van der Waals surface area (Å²) in [6.45, 7) is 2.08. The van der Waals surface area contributed by atoms with Crippen LogP contribution in [-0.2, 0) is 9.53 Å². The summed E-state index contributed by atoms with van der Waals surface area (Å²) in [6.07, 6.45) is 0.585. The van der Waals surface area contributed by atoms with Gasteiger partial charge in [-0.2, -0.15) is 11.8 Å². The highest BCUT2D eigenvalue weighted by Gasteiger charge is 2.13. The minimum atomic E-state index is -0.539. The lowest BCUT2D eigenvalue weighted by Gasteiger charge is -2.10. The molecule has 0 heterocycles. The number of hydrogen-bond acceptors (Lipinski definition) is 5.